The Hall–Kier alpha value is -2.84. The first-order valence-electron chi connectivity index (χ1n) is 10.9. The fourth-order valence-electron chi connectivity index (χ4n) is 3.60. The van der Waals surface area contributed by atoms with E-state index in [1.807, 2.05) is 12.2 Å². The Kier molecular flexibility index (Phi) is 8.97. The van der Waals surface area contributed by atoms with Crippen molar-refractivity contribution in [2.45, 2.75) is 45.3 Å². The Bertz CT molecular complexity index is 1080. The van der Waals surface area contributed by atoms with Crippen molar-refractivity contribution in [2.24, 2.45) is 0 Å². The molecule has 0 aliphatic carbocycles. The number of imidazole rings is 1. The highest BCUT2D eigenvalue weighted by Crippen LogP contribution is 2.30. The normalized spacial score (nSPS) is 18.1. The van der Waals surface area contributed by atoms with Gasteiger partial charge in [0.15, 0.2) is 21.8 Å². The van der Waals surface area contributed by atoms with Gasteiger partial charge in [-0.1, -0.05) is 29.9 Å². The van der Waals surface area contributed by atoms with Crippen molar-refractivity contribution in [1.82, 2.24) is 25.6 Å². The molecule has 0 spiro atoms. The van der Waals surface area contributed by atoms with Crippen LogP contribution in [0.25, 0.3) is 0 Å². The van der Waals surface area contributed by atoms with Gasteiger partial charge >= 0.3 is 5.97 Å². The predicted octanol–water partition coefficient (Wildman–Crippen LogP) is 2.19. The first kappa shape index (κ1) is 26.8. The maximum Gasteiger partial charge on any atom is 0.348 e. The molecule has 1 aliphatic heterocycles. The molecule has 11 nitrogen and oxygen atoms in total. The molecule has 2 aromatic heterocycles. The molecular formula is C20H25ClF2N6O5S. The summed E-state index contributed by atoms with van der Waals surface area (Å²) in [6.45, 7) is 3.75. The molecule has 1 aliphatic rings. The number of hydrogen-bond donors (Lipinski definition) is 4. The lowest BCUT2D eigenvalue weighted by molar-refractivity contribution is 0.0271. The van der Waals surface area contributed by atoms with Gasteiger partial charge in [0.1, 0.15) is 4.88 Å². The van der Waals surface area contributed by atoms with Crippen molar-refractivity contribution in [2.75, 3.05) is 31.1 Å². The molecule has 15 heteroatoms. The van der Waals surface area contributed by atoms with E-state index in [0.29, 0.717) is 31.7 Å². The van der Waals surface area contributed by atoms with Crippen LogP contribution in [-0.4, -0.2) is 82.7 Å². The number of aromatic nitrogens is 3. The first-order chi connectivity index (χ1) is 16.6. The van der Waals surface area contributed by atoms with Crippen molar-refractivity contribution in [3.05, 3.63) is 27.2 Å². The van der Waals surface area contributed by atoms with Gasteiger partial charge < -0.3 is 30.4 Å². The molecule has 4 N–H and O–H groups in total. The highest BCUT2D eigenvalue weighted by Gasteiger charge is 2.34. The van der Waals surface area contributed by atoms with Crippen molar-refractivity contribution in [3.63, 3.8) is 0 Å². The summed E-state index contributed by atoms with van der Waals surface area (Å²) in [5.41, 5.74) is 0.224. The van der Waals surface area contributed by atoms with Crippen LogP contribution in [-0.2, 0) is 11.2 Å². The van der Waals surface area contributed by atoms with Crippen LogP contribution in [0.2, 0.25) is 5.15 Å². The number of thiazole rings is 1. The summed E-state index contributed by atoms with van der Waals surface area (Å²) in [7, 11) is 0. The lowest BCUT2D eigenvalue weighted by atomic mass is 10.0. The maximum atomic E-state index is 12.7. The van der Waals surface area contributed by atoms with Crippen LogP contribution in [0, 0.1) is 0 Å². The van der Waals surface area contributed by atoms with Gasteiger partial charge in [-0.2, -0.15) is 0 Å². The van der Waals surface area contributed by atoms with Crippen molar-refractivity contribution in [1.29, 1.82) is 0 Å². The molecule has 3 heterocycles. The molecule has 1 fully saturated rings. The number of ether oxygens (including phenoxy) is 1. The van der Waals surface area contributed by atoms with Gasteiger partial charge in [0, 0.05) is 19.7 Å². The van der Waals surface area contributed by atoms with Gasteiger partial charge in [0.05, 0.1) is 24.4 Å². The minimum absolute atomic E-state index is 0.0926. The lowest BCUT2D eigenvalue weighted by Gasteiger charge is -2.38. The van der Waals surface area contributed by atoms with Crippen molar-refractivity contribution < 1.29 is 33.0 Å². The van der Waals surface area contributed by atoms with E-state index in [-0.39, 0.29) is 33.6 Å². The largest absolute Gasteiger partial charge is 0.477 e. The molecule has 2 amide bonds. The third kappa shape index (κ3) is 6.44. The molecule has 2 aromatic rings. The van der Waals surface area contributed by atoms with Crippen LogP contribution in [0.3, 0.4) is 0 Å². The number of carbonyl (C=O) groups is 3. The zero-order valence-electron chi connectivity index (χ0n) is 18.9. The Morgan fingerprint density at radius 1 is 1.31 bits per heavy atom. The minimum atomic E-state index is -2.78. The lowest BCUT2D eigenvalue weighted by Crippen LogP contribution is -2.55. The number of carbonyl (C=O) groups excluding carboxylic acids is 2. The van der Waals surface area contributed by atoms with Gasteiger partial charge in [-0.25, -0.2) is 23.5 Å². The van der Waals surface area contributed by atoms with Crippen LogP contribution in [0.4, 0.5) is 13.9 Å². The van der Waals surface area contributed by atoms with E-state index in [2.05, 4.69) is 20.3 Å². The standard InChI is InChI=1S/C20H25ClF2N6O5S/c1-3-9-15(21)28-16(25-9)18(31)26-10-5-6-29(8-11(10)34-4-2)20-27-13(14(35-20)19(32)33)17(30)24-7-12(22)23/h10-12H,3-8H2,1-2H3,(H,24,30)(H,25,28)(H,26,31)(H,32,33)/t10-,11+/m0/s1. The Balaban J connectivity index is 1.74. The number of rotatable bonds is 10. The topological polar surface area (TPSA) is 150 Å². The highest BCUT2D eigenvalue weighted by atomic mass is 35.5. The Labute approximate surface area is 208 Å². The van der Waals surface area contributed by atoms with Gasteiger partial charge in [0.25, 0.3) is 18.2 Å². The number of halogens is 3. The van der Waals surface area contributed by atoms with Crippen LogP contribution in [0.15, 0.2) is 0 Å². The number of carboxylic acids is 1. The monoisotopic (exact) mass is 534 g/mol. The second kappa shape index (κ2) is 11.7. The third-order valence-corrected chi connectivity index (χ3v) is 6.68. The smallest absolute Gasteiger partial charge is 0.348 e. The molecule has 0 aromatic carbocycles. The Morgan fingerprint density at radius 3 is 2.66 bits per heavy atom. The van der Waals surface area contributed by atoms with E-state index in [0.717, 1.165) is 11.3 Å². The van der Waals surface area contributed by atoms with Crippen LogP contribution in [0.1, 0.15) is 56.7 Å². The fraction of sp³-hybridized carbons (Fsp3) is 0.550. The van der Waals surface area contributed by atoms with Crippen LogP contribution >= 0.6 is 22.9 Å². The molecule has 2 atom stereocenters. The summed E-state index contributed by atoms with van der Waals surface area (Å²) in [5.74, 6) is -2.72. The van der Waals surface area contributed by atoms with E-state index in [4.69, 9.17) is 16.3 Å². The van der Waals surface area contributed by atoms with Crippen LogP contribution < -0.4 is 15.5 Å². The highest BCUT2D eigenvalue weighted by molar-refractivity contribution is 7.17. The number of alkyl halides is 2. The summed E-state index contributed by atoms with van der Waals surface area (Å²) in [4.78, 5) is 49.0. The van der Waals surface area contributed by atoms with Crippen molar-refractivity contribution >= 4 is 45.9 Å². The van der Waals surface area contributed by atoms with Gasteiger partial charge in [-0.3, -0.25) is 9.59 Å². The number of nitrogens with zero attached hydrogens (tertiary/aromatic N) is 3. The second-order valence-electron chi connectivity index (χ2n) is 7.60. The Morgan fingerprint density at radius 2 is 2.06 bits per heavy atom. The molecule has 35 heavy (non-hydrogen) atoms. The summed E-state index contributed by atoms with van der Waals surface area (Å²) in [6, 6.07) is -0.375. The number of aromatic carboxylic acids is 1. The number of aryl methyl sites for hydroxylation is 1. The van der Waals surface area contributed by atoms with Gasteiger partial charge in [0.2, 0.25) is 0 Å². The molecule has 3 rings (SSSR count). The number of H-pyrrole nitrogens is 1. The quantitative estimate of drug-likeness (QED) is 0.362. The number of carboxylic acid groups (broad SMARTS) is 1. The van der Waals surface area contributed by atoms with E-state index in [1.165, 1.54) is 0 Å². The molecule has 0 unspecified atom stereocenters. The van der Waals surface area contributed by atoms with E-state index < -0.39 is 42.6 Å². The van der Waals surface area contributed by atoms with E-state index in [9.17, 15) is 28.3 Å². The first-order valence-corrected chi connectivity index (χ1v) is 12.1. The van der Waals surface area contributed by atoms with Gasteiger partial charge in [-0.15, -0.1) is 0 Å². The maximum absolute atomic E-state index is 12.7. The number of nitrogens with one attached hydrogen (secondary N) is 3. The van der Waals surface area contributed by atoms with Crippen LogP contribution in [0.5, 0.6) is 0 Å². The van der Waals surface area contributed by atoms with Gasteiger partial charge in [-0.05, 0) is 19.8 Å². The summed E-state index contributed by atoms with van der Waals surface area (Å²) in [5, 5.41) is 14.8. The average molecular weight is 535 g/mol. The average Bonchev–Trinajstić information content (AvgIpc) is 3.43. The molecule has 1 saturated heterocycles. The number of hydrogen-bond acceptors (Lipinski definition) is 8. The molecule has 0 saturated carbocycles. The number of anilines is 1. The number of piperidine rings is 1. The van der Waals surface area contributed by atoms with E-state index in [1.54, 1.807) is 11.8 Å². The predicted molar refractivity (Wildman–Crippen MR) is 124 cm³/mol. The second-order valence-corrected chi connectivity index (χ2v) is 8.93. The summed E-state index contributed by atoms with van der Waals surface area (Å²) < 4.78 is 30.7. The molecule has 0 radical (unpaired) electrons. The zero-order valence-corrected chi connectivity index (χ0v) is 20.5. The minimum Gasteiger partial charge on any atom is -0.477 e. The molecular weight excluding hydrogens is 510 g/mol. The number of amides is 2. The third-order valence-electron chi connectivity index (χ3n) is 5.27. The van der Waals surface area contributed by atoms with Crippen molar-refractivity contribution in [3.8, 4) is 0 Å². The summed E-state index contributed by atoms with van der Waals surface area (Å²) in [6.07, 6.45) is -2.23. The molecule has 192 valence electrons. The molecule has 0 bridgehead atoms. The van der Waals surface area contributed by atoms with E-state index >= 15 is 0 Å². The zero-order chi connectivity index (χ0) is 25.7. The SMILES string of the molecule is CCO[C@@H]1CN(c2nc(C(=O)NCC(F)F)c(C(=O)O)s2)CC[C@@H]1NC(=O)c1nc(Cl)c(CC)[nH]1. The number of aromatic amines is 1. The fourth-order valence-corrected chi connectivity index (χ4v) is 4.80. The summed E-state index contributed by atoms with van der Waals surface area (Å²) >= 11 is 6.79.